The van der Waals surface area contributed by atoms with Gasteiger partial charge in [0.25, 0.3) is 0 Å². The molecule has 0 radical (unpaired) electrons. The highest BCUT2D eigenvalue weighted by Gasteiger charge is 2.31. The maximum atomic E-state index is 13.5. The number of hydrogen-bond donors (Lipinski definition) is 1. The van der Waals surface area contributed by atoms with Gasteiger partial charge in [0.1, 0.15) is 25.8 Å². The zero-order valence-corrected chi connectivity index (χ0v) is 21.9. The van der Waals surface area contributed by atoms with Crippen molar-refractivity contribution in [2.75, 3.05) is 36.9 Å². The Kier molecular flexibility index (Phi) is 8.74. The highest BCUT2D eigenvalue weighted by atomic mass is 35.5. The molecule has 12 heteroatoms. The van der Waals surface area contributed by atoms with Crippen molar-refractivity contribution < 1.29 is 27.5 Å². The Morgan fingerprint density at radius 3 is 2.31 bits per heavy atom. The minimum atomic E-state index is -3.88. The van der Waals surface area contributed by atoms with Gasteiger partial charge >= 0.3 is 0 Å². The number of halogens is 2. The third-order valence-corrected chi connectivity index (χ3v) is 7.25. The smallest absolute Gasteiger partial charge is 0.244 e. The Morgan fingerprint density at radius 1 is 1.09 bits per heavy atom. The Bertz CT molecular complexity index is 1190. The molecule has 0 saturated heterocycles. The normalized spacial score (nSPS) is 13.6. The second-order valence-electron chi connectivity index (χ2n) is 7.89. The molecule has 35 heavy (non-hydrogen) atoms. The number of nitrogens with zero attached hydrogens (tertiary/aromatic N) is 2. The molecule has 2 aromatic carbocycles. The Balaban J connectivity index is 1.96. The number of likely N-dealkylation sites (N-methyl/N-ethyl adjacent to an activating group) is 1. The fraction of sp³-hybridized carbons (Fsp3) is 0.391. The lowest BCUT2D eigenvalue weighted by atomic mass is 10.1. The van der Waals surface area contributed by atoms with Crippen LogP contribution in [-0.2, 0) is 26.2 Å². The maximum absolute atomic E-state index is 13.5. The third kappa shape index (κ3) is 6.50. The van der Waals surface area contributed by atoms with Crippen LogP contribution in [0.2, 0.25) is 10.0 Å². The summed E-state index contributed by atoms with van der Waals surface area (Å²) in [5.41, 5.74) is 0.678. The van der Waals surface area contributed by atoms with Gasteiger partial charge in [-0.1, -0.05) is 29.3 Å². The molecule has 0 fully saturated rings. The lowest BCUT2D eigenvalue weighted by molar-refractivity contribution is -0.139. The van der Waals surface area contributed by atoms with Gasteiger partial charge in [-0.2, -0.15) is 0 Å². The molecule has 9 nitrogen and oxygen atoms in total. The van der Waals surface area contributed by atoms with Crippen LogP contribution in [0.5, 0.6) is 11.5 Å². The quantitative estimate of drug-likeness (QED) is 0.521. The topological polar surface area (TPSA) is 105 Å². The molecule has 0 bridgehead atoms. The largest absolute Gasteiger partial charge is 0.486 e. The Labute approximate surface area is 214 Å². The van der Waals surface area contributed by atoms with Crippen LogP contribution in [0.4, 0.5) is 5.69 Å². The molecular weight excluding hydrogens is 517 g/mol. The van der Waals surface area contributed by atoms with Gasteiger partial charge in [0.05, 0.1) is 11.9 Å². The van der Waals surface area contributed by atoms with Crippen molar-refractivity contribution in [2.45, 2.75) is 26.4 Å². The maximum Gasteiger partial charge on any atom is 0.244 e. The van der Waals surface area contributed by atoms with E-state index in [-0.39, 0.29) is 12.2 Å². The zero-order chi connectivity index (χ0) is 25.8. The van der Waals surface area contributed by atoms with E-state index in [2.05, 4.69) is 5.32 Å². The van der Waals surface area contributed by atoms with E-state index in [1.54, 1.807) is 38.1 Å². The summed E-state index contributed by atoms with van der Waals surface area (Å²) in [6, 6.07) is 8.62. The van der Waals surface area contributed by atoms with Crippen molar-refractivity contribution in [3.05, 3.63) is 52.0 Å². The number of anilines is 1. The molecule has 0 spiro atoms. The van der Waals surface area contributed by atoms with Crippen LogP contribution >= 0.6 is 23.2 Å². The fourth-order valence-corrected chi connectivity index (χ4v) is 4.92. The average molecular weight is 544 g/mol. The lowest BCUT2D eigenvalue weighted by Gasteiger charge is -2.32. The number of hydrogen-bond acceptors (Lipinski definition) is 6. The number of fused-ring (bicyclic) bond motifs is 1. The summed E-state index contributed by atoms with van der Waals surface area (Å²) >= 11 is 12.6. The summed E-state index contributed by atoms with van der Waals surface area (Å²) in [5, 5.41) is 3.33. The standard InChI is InChI=1S/C23H27Cl2N3O6S/c1-4-26-23(30)15(2)27(13-17-18(24)6-5-7-19(17)25)22(29)14-28(35(3,31)32)16-8-9-20-21(12-16)34-11-10-33-20/h5-9,12,15H,4,10-11,13-14H2,1-3H3,(H,26,30)/t15-/m1/s1. The van der Waals surface area contributed by atoms with Gasteiger partial charge in [-0.15, -0.1) is 0 Å². The minimum absolute atomic E-state index is 0.0889. The number of carbonyl (C=O) groups excluding carboxylic acids is 2. The van der Waals surface area contributed by atoms with Crippen molar-refractivity contribution in [1.29, 1.82) is 0 Å². The fourth-order valence-electron chi connectivity index (χ4n) is 3.56. The first kappa shape index (κ1) is 26.9. The van der Waals surface area contributed by atoms with Gasteiger partial charge in [0.15, 0.2) is 11.5 Å². The van der Waals surface area contributed by atoms with Crippen LogP contribution in [-0.4, -0.2) is 63.7 Å². The predicted molar refractivity (Wildman–Crippen MR) is 135 cm³/mol. The lowest BCUT2D eigenvalue weighted by Crippen LogP contribution is -2.51. The number of amides is 2. The first-order valence-electron chi connectivity index (χ1n) is 10.9. The molecule has 2 aromatic rings. The number of ether oxygens (including phenoxy) is 2. The molecule has 2 amide bonds. The SMILES string of the molecule is CCNC(=O)[C@@H](C)N(Cc1c(Cl)cccc1Cl)C(=O)CN(c1ccc2c(c1)OCCO2)S(C)(=O)=O. The number of rotatable bonds is 9. The average Bonchev–Trinajstić information content (AvgIpc) is 2.81. The van der Waals surface area contributed by atoms with E-state index in [1.165, 1.54) is 17.0 Å². The molecule has 1 aliphatic rings. The van der Waals surface area contributed by atoms with Crippen LogP contribution in [0.3, 0.4) is 0 Å². The van der Waals surface area contributed by atoms with Crippen molar-refractivity contribution in [2.24, 2.45) is 0 Å². The summed E-state index contributed by atoms with van der Waals surface area (Å²) in [5.74, 6) is -0.140. The van der Waals surface area contributed by atoms with Crippen molar-refractivity contribution in [3.63, 3.8) is 0 Å². The Hall–Kier alpha value is -2.69. The van der Waals surface area contributed by atoms with E-state index in [9.17, 15) is 18.0 Å². The van der Waals surface area contributed by atoms with Gasteiger partial charge in [-0.05, 0) is 38.1 Å². The van der Waals surface area contributed by atoms with Crippen LogP contribution < -0.4 is 19.1 Å². The van der Waals surface area contributed by atoms with Crippen molar-refractivity contribution in [1.82, 2.24) is 10.2 Å². The molecule has 1 atom stereocenters. The van der Waals surface area contributed by atoms with E-state index >= 15 is 0 Å². The number of nitrogens with one attached hydrogen (secondary N) is 1. The van der Waals surface area contributed by atoms with Gasteiger partial charge in [-0.3, -0.25) is 13.9 Å². The van der Waals surface area contributed by atoms with Crippen LogP contribution in [0.25, 0.3) is 0 Å². The van der Waals surface area contributed by atoms with E-state index in [0.717, 1.165) is 10.6 Å². The van der Waals surface area contributed by atoms with E-state index in [0.29, 0.717) is 46.9 Å². The first-order chi connectivity index (χ1) is 16.5. The molecule has 1 heterocycles. The first-order valence-corrected chi connectivity index (χ1v) is 13.5. The summed E-state index contributed by atoms with van der Waals surface area (Å²) in [6.07, 6.45) is 1.000. The molecule has 3 rings (SSSR count). The Morgan fingerprint density at radius 2 is 1.71 bits per heavy atom. The minimum Gasteiger partial charge on any atom is -0.486 e. The number of carbonyl (C=O) groups is 2. The van der Waals surface area contributed by atoms with Gasteiger partial charge in [0, 0.05) is 34.8 Å². The molecule has 0 aromatic heterocycles. The second kappa shape index (κ2) is 11.4. The number of benzene rings is 2. The molecule has 1 aliphatic heterocycles. The van der Waals surface area contributed by atoms with Gasteiger partial charge in [0.2, 0.25) is 21.8 Å². The molecular formula is C23H27Cl2N3O6S. The molecule has 0 unspecified atom stereocenters. The second-order valence-corrected chi connectivity index (χ2v) is 10.6. The summed E-state index contributed by atoms with van der Waals surface area (Å²) in [4.78, 5) is 27.4. The van der Waals surface area contributed by atoms with Gasteiger partial charge in [-0.25, -0.2) is 8.42 Å². The third-order valence-electron chi connectivity index (χ3n) is 5.40. The summed E-state index contributed by atoms with van der Waals surface area (Å²) in [7, 11) is -3.88. The molecule has 0 saturated carbocycles. The highest BCUT2D eigenvalue weighted by molar-refractivity contribution is 7.92. The molecule has 0 aliphatic carbocycles. The van der Waals surface area contributed by atoms with Crippen LogP contribution in [0, 0.1) is 0 Å². The van der Waals surface area contributed by atoms with Gasteiger partial charge < -0.3 is 19.7 Å². The van der Waals surface area contributed by atoms with E-state index < -0.39 is 34.4 Å². The molecule has 190 valence electrons. The van der Waals surface area contributed by atoms with E-state index in [4.69, 9.17) is 32.7 Å². The summed E-state index contributed by atoms with van der Waals surface area (Å²) in [6.45, 7) is 3.75. The van der Waals surface area contributed by atoms with E-state index in [1.807, 2.05) is 0 Å². The monoisotopic (exact) mass is 543 g/mol. The van der Waals surface area contributed by atoms with Crippen LogP contribution in [0.15, 0.2) is 36.4 Å². The van der Waals surface area contributed by atoms with Crippen molar-refractivity contribution >= 4 is 50.7 Å². The summed E-state index contributed by atoms with van der Waals surface area (Å²) < 4.78 is 37.4. The van der Waals surface area contributed by atoms with Crippen molar-refractivity contribution in [3.8, 4) is 11.5 Å². The number of sulfonamides is 1. The predicted octanol–water partition coefficient (Wildman–Crippen LogP) is 3.08. The zero-order valence-electron chi connectivity index (χ0n) is 19.6. The molecule has 1 N–H and O–H groups in total. The highest BCUT2D eigenvalue weighted by Crippen LogP contribution is 2.35. The van der Waals surface area contributed by atoms with Crippen LogP contribution in [0.1, 0.15) is 19.4 Å².